The molecule has 0 aromatic heterocycles. The number of ether oxygens (including phenoxy) is 1. The van der Waals surface area contributed by atoms with Gasteiger partial charge in [-0.3, -0.25) is 4.79 Å². The predicted octanol–water partition coefficient (Wildman–Crippen LogP) is 3.64. The Morgan fingerprint density at radius 1 is 1.21 bits per heavy atom. The molecular weight excluding hydrogens is 300 g/mol. The van der Waals surface area contributed by atoms with Crippen molar-refractivity contribution in [1.29, 1.82) is 5.26 Å². The molecule has 0 aliphatic heterocycles. The maximum atomic E-state index is 12.3. The van der Waals surface area contributed by atoms with Crippen LogP contribution in [-0.2, 0) is 4.79 Å². The molecule has 2 atom stereocenters. The Kier molecular flexibility index (Phi) is 6.39. The van der Waals surface area contributed by atoms with Crippen LogP contribution in [0.3, 0.4) is 0 Å². The van der Waals surface area contributed by atoms with Gasteiger partial charge in [-0.1, -0.05) is 43.3 Å². The molecule has 124 valence electrons. The second kappa shape index (κ2) is 8.73. The quantitative estimate of drug-likeness (QED) is 0.846. The maximum Gasteiger partial charge on any atom is 0.260 e. The summed E-state index contributed by atoms with van der Waals surface area (Å²) >= 11 is 0. The molecule has 0 aliphatic carbocycles. The van der Waals surface area contributed by atoms with Crippen molar-refractivity contribution in [2.24, 2.45) is 0 Å². The van der Waals surface area contributed by atoms with Crippen LogP contribution >= 0.6 is 0 Å². The maximum absolute atomic E-state index is 12.3. The molecule has 24 heavy (non-hydrogen) atoms. The van der Waals surface area contributed by atoms with Gasteiger partial charge in [0.1, 0.15) is 5.75 Å². The van der Waals surface area contributed by atoms with Gasteiger partial charge in [0.15, 0.2) is 6.10 Å². The van der Waals surface area contributed by atoms with Crippen LogP contribution in [-0.4, -0.2) is 18.6 Å². The van der Waals surface area contributed by atoms with Crippen molar-refractivity contribution in [3.05, 3.63) is 65.7 Å². The lowest BCUT2D eigenvalue weighted by Crippen LogP contribution is -2.38. The minimum absolute atomic E-state index is 0.160. The molecule has 0 saturated carbocycles. The second-order valence-corrected chi connectivity index (χ2v) is 5.66. The molecule has 1 N–H and O–H groups in total. The van der Waals surface area contributed by atoms with Crippen LogP contribution < -0.4 is 10.1 Å². The van der Waals surface area contributed by atoms with Crippen molar-refractivity contribution >= 4 is 5.91 Å². The molecule has 2 aromatic rings. The van der Waals surface area contributed by atoms with E-state index in [2.05, 4.69) is 30.4 Å². The SMILES string of the molecule is CCC(CNC(=O)C(C)Oc1cccc(C#N)c1)c1ccccc1. The first-order valence-corrected chi connectivity index (χ1v) is 8.13. The lowest BCUT2D eigenvalue weighted by Gasteiger charge is -2.19. The molecule has 4 heteroatoms. The number of nitrogens with one attached hydrogen (secondary N) is 1. The van der Waals surface area contributed by atoms with Gasteiger partial charge in [0.05, 0.1) is 11.6 Å². The number of nitriles is 1. The minimum atomic E-state index is -0.618. The average molecular weight is 322 g/mol. The Balaban J connectivity index is 1.90. The molecule has 2 rings (SSSR count). The normalized spacial score (nSPS) is 12.7. The summed E-state index contributed by atoms with van der Waals surface area (Å²) in [6, 6.07) is 19.0. The number of benzene rings is 2. The van der Waals surface area contributed by atoms with Crippen LogP contribution in [0, 0.1) is 11.3 Å². The monoisotopic (exact) mass is 322 g/mol. The Labute approximate surface area is 143 Å². The molecule has 2 aromatic carbocycles. The molecule has 0 bridgehead atoms. The summed E-state index contributed by atoms with van der Waals surface area (Å²) in [6.45, 7) is 4.39. The van der Waals surface area contributed by atoms with Crippen LogP contribution in [0.15, 0.2) is 54.6 Å². The van der Waals surface area contributed by atoms with Crippen LogP contribution in [0.25, 0.3) is 0 Å². The number of hydrogen-bond acceptors (Lipinski definition) is 3. The van der Waals surface area contributed by atoms with E-state index in [1.165, 1.54) is 5.56 Å². The fourth-order valence-corrected chi connectivity index (χ4v) is 2.49. The zero-order valence-electron chi connectivity index (χ0n) is 14.0. The van der Waals surface area contributed by atoms with Gasteiger partial charge in [0.2, 0.25) is 0 Å². The van der Waals surface area contributed by atoms with E-state index in [1.54, 1.807) is 31.2 Å². The van der Waals surface area contributed by atoms with Crippen molar-refractivity contribution < 1.29 is 9.53 Å². The van der Waals surface area contributed by atoms with Gasteiger partial charge in [0.25, 0.3) is 5.91 Å². The zero-order valence-corrected chi connectivity index (χ0v) is 14.0. The zero-order chi connectivity index (χ0) is 17.4. The molecule has 0 heterocycles. The summed E-state index contributed by atoms with van der Waals surface area (Å²) in [4.78, 5) is 12.3. The summed E-state index contributed by atoms with van der Waals surface area (Å²) in [5.74, 6) is 0.641. The number of carbonyl (C=O) groups is 1. The number of amides is 1. The lowest BCUT2D eigenvalue weighted by atomic mass is 9.96. The van der Waals surface area contributed by atoms with E-state index in [0.717, 1.165) is 6.42 Å². The fourth-order valence-electron chi connectivity index (χ4n) is 2.49. The van der Waals surface area contributed by atoms with E-state index >= 15 is 0 Å². The second-order valence-electron chi connectivity index (χ2n) is 5.66. The summed E-state index contributed by atoms with van der Waals surface area (Å²) in [5, 5.41) is 11.9. The standard InChI is InChI=1S/C20H22N2O2/c1-3-17(18-9-5-4-6-10-18)14-22-20(23)15(2)24-19-11-7-8-16(12-19)13-21/h4-12,15,17H,3,14H2,1-2H3,(H,22,23). The molecular formula is C20H22N2O2. The smallest absolute Gasteiger partial charge is 0.260 e. The van der Waals surface area contributed by atoms with Gasteiger partial charge in [-0.2, -0.15) is 5.26 Å². The molecule has 0 radical (unpaired) electrons. The van der Waals surface area contributed by atoms with Crippen LogP contribution in [0.1, 0.15) is 37.3 Å². The van der Waals surface area contributed by atoms with Gasteiger partial charge >= 0.3 is 0 Å². The summed E-state index contributed by atoms with van der Waals surface area (Å²) in [5.41, 5.74) is 1.73. The molecule has 0 saturated heterocycles. The summed E-state index contributed by atoms with van der Waals surface area (Å²) < 4.78 is 5.63. The van der Waals surface area contributed by atoms with Crippen molar-refractivity contribution in [1.82, 2.24) is 5.32 Å². The van der Waals surface area contributed by atoms with E-state index < -0.39 is 6.10 Å². The largest absolute Gasteiger partial charge is 0.481 e. The van der Waals surface area contributed by atoms with E-state index in [-0.39, 0.29) is 11.8 Å². The Hall–Kier alpha value is -2.80. The number of rotatable bonds is 7. The third kappa shape index (κ3) is 4.85. The Bertz CT molecular complexity index is 707. The average Bonchev–Trinajstić information content (AvgIpc) is 2.63. The highest BCUT2D eigenvalue weighted by atomic mass is 16.5. The molecule has 0 spiro atoms. The first-order valence-electron chi connectivity index (χ1n) is 8.13. The molecule has 0 aliphatic rings. The first-order chi connectivity index (χ1) is 11.6. The van der Waals surface area contributed by atoms with E-state index in [1.807, 2.05) is 18.2 Å². The van der Waals surface area contributed by atoms with Crippen molar-refractivity contribution in [2.45, 2.75) is 32.3 Å². The number of carbonyl (C=O) groups excluding carboxylic acids is 1. The molecule has 0 fully saturated rings. The van der Waals surface area contributed by atoms with Gasteiger partial charge < -0.3 is 10.1 Å². The fraction of sp³-hybridized carbons (Fsp3) is 0.300. The molecule has 1 amide bonds. The highest BCUT2D eigenvalue weighted by Crippen LogP contribution is 2.18. The van der Waals surface area contributed by atoms with Crippen LogP contribution in [0.4, 0.5) is 0 Å². The van der Waals surface area contributed by atoms with Crippen LogP contribution in [0.5, 0.6) is 5.75 Å². The highest BCUT2D eigenvalue weighted by molar-refractivity contribution is 5.80. The van der Waals surface area contributed by atoms with Gasteiger partial charge in [-0.05, 0) is 37.1 Å². The predicted molar refractivity (Wildman–Crippen MR) is 93.7 cm³/mol. The lowest BCUT2D eigenvalue weighted by molar-refractivity contribution is -0.127. The summed E-state index contributed by atoms with van der Waals surface area (Å²) in [7, 11) is 0. The van der Waals surface area contributed by atoms with E-state index in [0.29, 0.717) is 17.9 Å². The Morgan fingerprint density at radius 3 is 2.62 bits per heavy atom. The highest BCUT2D eigenvalue weighted by Gasteiger charge is 2.17. The first kappa shape index (κ1) is 17.6. The molecule has 4 nitrogen and oxygen atoms in total. The number of hydrogen-bond donors (Lipinski definition) is 1. The Morgan fingerprint density at radius 2 is 1.96 bits per heavy atom. The van der Waals surface area contributed by atoms with Crippen molar-refractivity contribution in [3.8, 4) is 11.8 Å². The number of nitrogens with zero attached hydrogens (tertiary/aromatic N) is 1. The van der Waals surface area contributed by atoms with E-state index in [4.69, 9.17) is 10.00 Å². The van der Waals surface area contributed by atoms with Gasteiger partial charge in [0, 0.05) is 12.5 Å². The van der Waals surface area contributed by atoms with Gasteiger partial charge in [-0.15, -0.1) is 0 Å². The summed E-state index contributed by atoms with van der Waals surface area (Å²) in [6.07, 6.45) is 0.330. The topological polar surface area (TPSA) is 62.1 Å². The minimum Gasteiger partial charge on any atom is -0.481 e. The van der Waals surface area contributed by atoms with Gasteiger partial charge in [-0.25, -0.2) is 0 Å². The van der Waals surface area contributed by atoms with Crippen LogP contribution in [0.2, 0.25) is 0 Å². The molecule has 2 unspecified atom stereocenters. The van der Waals surface area contributed by atoms with Crippen molar-refractivity contribution in [3.63, 3.8) is 0 Å². The third-order valence-corrected chi connectivity index (χ3v) is 3.93. The van der Waals surface area contributed by atoms with E-state index in [9.17, 15) is 4.79 Å². The third-order valence-electron chi connectivity index (χ3n) is 3.93. The van der Waals surface area contributed by atoms with Crippen molar-refractivity contribution in [2.75, 3.05) is 6.54 Å².